The number of hydrogen-bond donors (Lipinski definition) is 2. The number of aromatic amines is 1. The predicted molar refractivity (Wildman–Crippen MR) is 70.1 cm³/mol. The van der Waals surface area contributed by atoms with Crippen molar-refractivity contribution in [1.82, 2.24) is 15.5 Å². The molecular formula is C11H10ClN3O2S. The molecule has 0 spiro atoms. The molecule has 5 nitrogen and oxygen atoms in total. The van der Waals surface area contributed by atoms with Crippen LogP contribution >= 0.6 is 22.9 Å². The summed E-state index contributed by atoms with van der Waals surface area (Å²) >= 11 is 7.24. The lowest BCUT2D eigenvalue weighted by molar-refractivity contribution is 0.0934. The maximum Gasteiger partial charge on any atom is 0.272 e. The number of amides is 1. The average Bonchev–Trinajstić information content (AvgIpc) is 2.76. The molecule has 0 aliphatic rings. The van der Waals surface area contributed by atoms with Gasteiger partial charge in [-0.3, -0.25) is 9.59 Å². The van der Waals surface area contributed by atoms with Crippen molar-refractivity contribution in [3.63, 3.8) is 0 Å². The molecule has 0 aromatic carbocycles. The summed E-state index contributed by atoms with van der Waals surface area (Å²) in [5.41, 5.74) is -0.172. The highest BCUT2D eigenvalue weighted by atomic mass is 35.5. The molecule has 0 aliphatic carbocycles. The van der Waals surface area contributed by atoms with Crippen LogP contribution in [-0.4, -0.2) is 16.1 Å². The van der Waals surface area contributed by atoms with Crippen molar-refractivity contribution in [2.45, 2.75) is 13.0 Å². The van der Waals surface area contributed by atoms with E-state index in [4.69, 9.17) is 11.6 Å². The van der Waals surface area contributed by atoms with Gasteiger partial charge in [0.25, 0.3) is 11.5 Å². The Morgan fingerprint density at radius 2 is 2.22 bits per heavy atom. The lowest BCUT2D eigenvalue weighted by atomic mass is 10.2. The summed E-state index contributed by atoms with van der Waals surface area (Å²) in [6, 6.07) is 6.11. The van der Waals surface area contributed by atoms with Crippen molar-refractivity contribution in [2.75, 3.05) is 0 Å². The van der Waals surface area contributed by atoms with Crippen LogP contribution < -0.4 is 10.9 Å². The van der Waals surface area contributed by atoms with Crippen molar-refractivity contribution in [1.29, 1.82) is 0 Å². The third kappa shape index (κ3) is 2.96. The molecule has 2 aromatic rings. The van der Waals surface area contributed by atoms with Gasteiger partial charge in [-0.25, -0.2) is 5.10 Å². The summed E-state index contributed by atoms with van der Waals surface area (Å²) in [5, 5.41) is 8.64. The molecular weight excluding hydrogens is 274 g/mol. The SMILES string of the molecule is CC(NC(=O)c1ccc(=O)[nH]n1)c1ccc(Cl)s1. The van der Waals surface area contributed by atoms with Crippen LogP contribution in [0.15, 0.2) is 29.1 Å². The molecule has 0 saturated carbocycles. The zero-order valence-corrected chi connectivity index (χ0v) is 11.0. The Morgan fingerprint density at radius 1 is 1.44 bits per heavy atom. The standard InChI is InChI=1S/C11H10ClN3O2S/c1-6(8-3-4-9(12)18-8)13-11(17)7-2-5-10(16)15-14-7/h2-6H,1H3,(H,13,17)(H,15,16). The summed E-state index contributed by atoms with van der Waals surface area (Å²) in [6.07, 6.45) is 0. The number of nitrogens with one attached hydrogen (secondary N) is 2. The van der Waals surface area contributed by atoms with Crippen LogP contribution in [0.4, 0.5) is 0 Å². The number of halogens is 1. The maximum absolute atomic E-state index is 11.8. The van der Waals surface area contributed by atoms with Crippen LogP contribution in [0.25, 0.3) is 0 Å². The lowest BCUT2D eigenvalue weighted by Gasteiger charge is -2.11. The van der Waals surface area contributed by atoms with E-state index >= 15 is 0 Å². The summed E-state index contributed by atoms with van der Waals surface area (Å²) in [7, 11) is 0. The number of hydrogen-bond acceptors (Lipinski definition) is 4. The van der Waals surface area contributed by atoms with Crippen molar-refractivity contribution in [2.24, 2.45) is 0 Å². The van der Waals surface area contributed by atoms with Crippen molar-refractivity contribution >= 4 is 28.8 Å². The number of thiophene rings is 1. The van der Waals surface area contributed by atoms with E-state index in [1.807, 2.05) is 13.0 Å². The molecule has 1 unspecified atom stereocenters. The van der Waals surface area contributed by atoms with Gasteiger partial charge in [-0.1, -0.05) is 11.6 Å². The largest absolute Gasteiger partial charge is 0.343 e. The number of H-pyrrole nitrogens is 1. The van der Waals surface area contributed by atoms with Gasteiger partial charge in [0, 0.05) is 10.9 Å². The third-order valence-corrected chi connectivity index (χ3v) is 3.69. The highest BCUT2D eigenvalue weighted by Gasteiger charge is 2.14. The second-order valence-corrected chi connectivity index (χ2v) is 5.39. The van der Waals surface area contributed by atoms with Gasteiger partial charge >= 0.3 is 0 Å². The second kappa shape index (κ2) is 5.32. The van der Waals surface area contributed by atoms with Crippen LogP contribution in [0.5, 0.6) is 0 Å². The van der Waals surface area contributed by atoms with Crippen LogP contribution in [0.1, 0.15) is 28.3 Å². The first kappa shape index (κ1) is 12.8. The zero-order valence-electron chi connectivity index (χ0n) is 9.44. The fraction of sp³-hybridized carbons (Fsp3) is 0.182. The van der Waals surface area contributed by atoms with Gasteiger partial charge in [0.1, 0.15) is 5.69 Å². The minimum absolute atomic E-state index is 0.163. The molecule has 1 atom stereocenters. The Morgan fingerprint density at radius 3 is 2.78 bits per heavy atom. The fourth-order valence-corrected chi connectivity index (χ4v) is 2.44. The molecule has 0 aliphatic heterocycles. The van der Waals surface area contributed by atoms with Gasteiger partial charge in [0.05, 0.1) is 10.4 Å². The Labute approximate surface area is 112 Å². The highest BCUT2D eigenvalue weighted by Crippen LogP contribution is 2.26. The lowest BCUT2D eigenvalue weighted by Crippen LogP contribution is -2.28. The van der Waals surface area contributed by atoms with Crippen molar-refractivity contribution < 1.29 is 4.79 Å². The van der Waals surface area contributed by atoms with Gasteiger partial charge in [0.15, 0.2) is 0 Å². The average molecular weight is 284 g/mol. The Hall–Kier alpha value is -1.66. The minimum atomic E-state index is -0.344. The molecule has 0 saturated heterocycles. The van der Waals surface area contributed by atoms with Crippen LogP contribution in [0.2, 0.25) is 4.34 Å². The first-order chi connectivity index (χ1) is 8.56. The fourth-order valence-electron chi connectivity index (χ4n) is 1.37. The normalized spacial score (nSPS) is 12.1. The molecule has 18 heavy (non-hydrogen) atoms. The van der Waals surface area contributed by atoms with Crippen molar-refractivity contribution in [3.05, 3.63) is 49.5 Å². The van der Waals surface area contributed by atoms with E-state index in [2.05, 4.69) is 15.5 Å². The number of carbonyl (C=O) groups is 1. The summed E-state index contributed by atoms with van der Waals surface area (Å²) < 4.78 is 0.674. The molecule has 0 radical (unpaired) electrons. The minimum Gasteiger partial charge on any atom is -0.343 e. The predicted octanol–water partition coefficient (Wildman–Crippen LogP) is 1.98. The highest BCUT2D eigenvalue weighted by molar-refractivity contribution is 7.16. The Balaban J connectivity index is 2.07. The summed E-state index contributed by atoms with van der Waals surface area (Å²) in [4.78, 5) is 23.6. The zero-order chi connectivity index (χ0) is 13.1. The molecule has 7 heteroatoms. The molecule has 2 heterocycles. The molecule has 2 aromatic heterocycles. The van der Waals surface area contributed by atoms with Crippen LogP contribution in [-0.2, 0) is 0 Å². The van der Waals surface area contributed by atoms with Crippen LogP contribution in [0.3, 0.4) is 0 Å². The van der Waals surface area contributed by atoms with Gasteiger partial charge in [0.2, 0.25) is 0 Å². The van der Waals surface area contributed by atoms with E-state index in [1.54, 1.807) is 6.07 Å². The van der Waals surface area contributed by atoms with Gasteiger partial charge in [-0.05, 0) is 25.1 Å². The Bertz CT molecular complexity index is 602. The second-order valence-electron chi connectivity index (χ2n) is 3.64. The summed E-state index contributed by atoms with van der Waals surface area (Å²) in [5.74, 6) is -0.344. The molecule has 2 N–H and O–H groups in total. The number of aromatic nitrogens is 2. The van der Waals surface area contributed by atoms with E-state index in [-0.39, 0.29) is 23.2 Å². The van der Waals surface area contributed by atoms with Crippen LogP contribution in [0, 0.1) is 0 Å². The summed E-state index contributed by atoms with van der Waals surface area (Å²) in [6.45, 7) is 1.85. The smallest absolute Gasteiger partial charge is 0.272 e. The van der Waals surface area contributed by atoms with Gasteiger partial charge in [-0.2, -0.15) is 5.10 Å². The van der Waals surface area contributed by atoms with Crippen molar-refractivity contribution in [3.8, 4) is 0 Å². The number of nitrogens with zero attached hydrogens (tertiary/aromatic N) is 1. The Kier molecular flexibility index (Phi) is 3.78. The molecule has 0 fully saturated rings. The maximum atomic E-state index is 11.8. The van der Waals surface area contributed by atoms with E-state index < -0.39 is 0 Å². The monoisotopic (exact) mass is 283 g/mol. The topological polar surface area (TPSA) is 74.8 Å². The van der Waals surface area contributed by atoms with E-state index in [1.165, 1.54) is 23.5 Å². The molecule has 94 valence electrons. The number of rotatable bonds is 3. The molecule has 2 rings (SSSR count). The van der Waals surface area contributed by atoms with E-state index in [9.17, 15) is 9.59 Å². The first-order valence-electron chi connectivity index (χ1n) is 5.18. The quantitative estimate of drug-likeness (QED) is 0.904. The third-order valence-electron chi connectivity index (χ3n) is 2.28. The van der Waals surface area contributed by atoms with Gasteiger partial charge in [-0.15, -0.1) is 11.3 Å². The molecule has 0 bridgehead atoms. The van der Waals surface area contributed by atoms with Gasteiger partial charge < -0.3 is 5.32 Å². The van der Waals surface area contributed by atoms with E-state index in [0.717, 1.165) is 4.88 Å². The molecule has 1 amide bonds. The van der Waals surface area contributed by atoms with E-state index in [0.29, 0.717) is 4.34 Å². The first-order valence-corrected chi connectivity index (χ1v) is 6.37. The number of carbonyl (C=O) groups excluding carboxylic acids is 1.